The molecule has 2 unspecified atom stereocenters. The van der Waals surface area contributed by atoms with Crippen molar-refractivity contribution < 1.29 is 9.13 Å². The summed E-state index contributed by atoms with van der Waals surface area (Å²) in [6, 6.07) is 13.5. The van der Waals surface area contributed by atoms with Crippen molar-refractivity contribution in [2.45, 2.75) is 19.3 Å². The van der Waals surface area contributed by atoms with Crippen LogP contribution < -0.4 is 10.3 Å². The van der Waals surface area contributed by atoms with Crippen LogP contribution in [0.1, 0.15) is 23.9 Å². The zero-order chi connectivity index (χ0) is 21.5. The fourth-order valence-electron chi connectivity index (χ4n) is 3.84. The van der Waals surface area contributed by atoms with Crippen LogP contribution in [0.25, 0.3) is 22.0 Å². The van der Waals surface area contributed by atoms with Crippen molar-refractivity contribution in [3.8, 4) is 17.0 Å². The van der Waals surface area contributed by atoms with Gasteiger partial charge in [0.25, 0.3) is 5.56 Å². The molecular weight excluding hydrogens is 395 g/mol. The molecule has 1 fully saturated rings. The van der Waals surface area contributed by atoms with Crippen molar-refractivity contribution in [2.75, 3.05) is 6.61 Å². The van der Waals surface area contributed by atoms with Crippen LogP contribution >= 0.6 is 0 Å². The highest BCUT2D eigenvalue weighted by Crippen LogP contribution is 2.47. The van der Waals surface area contributed by atoms with Gasteiger partial charge < -0.3 is 9.30 Å². The first-order valence-corrected chi connectivity index (χ1v) is 10.2. The molecule has 0 saturated heterocycles. The summed E-state index contributed by atoms with van der Waals surface area (Å²) in [5, 5.41) is 1.13. The second-order valence-corrected chi connectivity index (χ2v) is 7.97. The molecule has 7 heteroatoms. The highest BCUT2D eigenvalue weighted by atomic mass is 19.1. The number of aromatic nitrogens is 4. The first kappa shape index (κ1) is 19.4. The Bertz CT molecular complexity index is 1320. The van der Waals surface area contributed by atoms with Gasteiger partial charge in [0.2, 0.25) is 5.88 Å². The van der Waals surface area contributed by atoms with E-state index in [9.17, 15) is 9.18 Å². The van der Waals surface area contributed by atoms with Gasteiger partial charge >= 0.3 is 0 Å². The largest absolute Gasteiger partial charge is 0.477 e. The molecule has 156 valence electrons. The Morgan fingerprint density at radius 2 is 2.03 bits per heavy atom. The Balaban J connectivity index is 1.35. The minimum atomic E-state index is -0.823. The van der Waals surface area contributed by atoms with Crippen molar-refractivity contribution in [3.63, 3.8) is 0 Å². The molecule has 0 aliphatic heterocycles. The summed E-state index contributed by atoms with van der Waals surface area (Å²) < 4.78 is 21.3. The van der Waals surface area contributed by atoms with E-state index in [0.29, 0.717) is 41.3 Å². The molecule has 6 nitrogen and oxygen atoms in total. The maximum absolute atomic E-state index is 14.0. The molecule has 3 aromatic heterocycles. The Kier molecular flexibility index (Phi) is 4.73. The number of aryl methyl sites for hydroxylation is 2. The summed E-state index contributed by atoms with van der Waals surface area (Å²) in [4.78, 5) is 25.1. The molecule has 1 aliphatic carbocycles. The normalized spacial score (nSPS) is 17.6. The van der Waals surface area contributed by atoms with E-state index < -0.39 is 11.4 Å². The molecular formula is C24H21FN4O2. The van der Waals surface area contributed by atoms with E-state index in [0.717, 1.165) is 23.0 Å². The fraction of sp³-hybridized carbons (Fsp3) is 0.250. The standard InChI is InChI=1S/C24H21FN4O2/c1-14-26-11-19(16-10-20(25)24(30)29(2)12-16)23(27-14)31-13-17-9-18(17)22-8-7-15-5-3-4-6-21(15)28-22/h3-8,10-12,17-18H,9,13H2,1-2H3. The molecule has 0 amide bonds. The van der Waals surface area contributed by atoms with Crippen LogP contribution in [0.15, 0.2) is 59.7 Å². The van der Waals surface area contributed by atoms with Gasteiger partial charge in [-0.3, -0.25) is 9.78 Å². The third-order valence-electron chi connectivity index (χ3n) is 5.68. The van der Waals surface area contributed by atoms with Crippen LogP contribution in [0.3, 0.4) is 0 Å². The summed E-state index contributed by atoms with van der Waals surface area (Å²) in [7, 11) is 1.51. The van der Waals surface area contributed by atoms with E-state index >= 15 is 0 Å². The van der Waals surface area contributed by atoms with Crippen LogP contribution in [0.4, 0.5) is 4.39 Å². The average molecular weight is 416 g/mol. The lowest BCUT2D eigenvalue weighted by Gasteiger charge is -2.12. The molecule has 5 rings (SSSR count). The van der Waals surface area contributed by atoms with Crippen molar-refractivity contribution in [1.29, 1.82) is 0 Å². The zero-order valence-electron chi connectivity index (χ0n) is 17.2. The molecule has 2 atom stereocenters. The molecule has 1 aliphatic rings. The number of rotatable bonds is 5. The molecule has 0 bridgehead atoms. The Morgan fingerprint density at radius 3 is 2.87 bits per heavy atom. The number of benzene rings is 1. The van der Waals surface area contributed by atoms with E-state index in [4.69, 9.17) is 9.72 Å². The molecule has 0 radical (unpaired) electrons. The lowest BCUT2D eigenvalue weighted by Crippen LogP contribution is -2.19. The zero-order valence-corrected chi connectivity index (χ0v) is 17.2. The summed E-state index contributed by atoms with van der Waals surface area (Å²) in [5.74, 6) is 0.825. The number of halogens is 1. The van der Waals surface area contributed by atoms with Gasteiger partial charge in [0.15, 0.2) is 5.82 Å². The first-order valence-electron chi connectivity index (χ1n) is 10.2. The molecule has 1 saturated carbocycles. The van der Waals surface area contributed by atoms with Crippen molar-refractivity contribution in [1.82, 2.24) is 19.5 Å². The third kappa shape index (κ3) is 3.79. The van der Waals surface area contributed by atoms with Crippen molar-refractivity contribution in [3.05, 3.63) is 82.5 Å². The molecule has 3 heterocycles. The van der Waals surface area contributed by atoms with Gasteiger partial charge in [0, 0.05) is 47.9 Å². The highest BCUT2D eigenvalue weighted by molar-refractivity contribution is 5.78. The van der Waals surface area contributed by atoms with E-state index in [2.05, 4.69) is 28.2 Å². The molecule has 0 spiro atoms. The predicted octanol–water partition coefficient (Wildman–Crippen LogP) is 4.02. The fourth-order valence-corrected chi connectivity index (χ4v) is 3.84. The topological polar surface area (TPSA) is 69.9 Å². The Hall–Kier alpha value is -3.61. The van der Waals surface area contributed by atoms with E-state index in [1.165, 1.54) is 17.7 Å². The SMILES string of the molecule is Cc1ncc(-c2cc(F)c(=O)n(C)c2)c(OCC2CC2c2ccc3ccccc3n2)n1. The van der Waals surface area contributed by atoms with E-state index in [1.807, 2.05) is 18.2 Å². The number of hydrogen-bond donors (Lipinski definition) is 0. The van der Waals surface area contributed by atoms with Gasteiger partial charge in [-0.25, -0.2) is 9.37 Å². The lowest BCUT2D eigenvalue weighted by atomic mass is 10.1. The Labute approximate surface area is 178 Å². The summed E-state index contributed by atoms with van der Waals surface area (Å²) in [6.45, 7) is 2.26. The van der Waals surface area contributed by atoms with Gasteiger partial charge in [0.1, 0.15) is 5.82 Å². The number of nitrogens with zero attached hydrogens (tertiary/aromatic N) is 4. The average Bonchev–Trinajstić information content (AvgIpc) is 3.55. The van der Waals surface area contributed by atoms with E-state index in [1.54, 1.807) is 19.3 Å². The van der Waals surface area contributed by atoms with Gasteiger partial charge in [-0.05, 0) is 31.5 Å². The molecule has 1 aromatic carbocycles. The minimum Gasteiger partial charge on any atom is -0.477 e. The number of fused-ring (bicyclic) bond motifs is 1. The highest BCUT2D eigenvalue weighted by Gasteiger charge is 2.40. The first-order chi connectivity index (χ1) is 15.0. The number of para-hydroxylation sites is 1. The monoisotopic (exact) mass is 416 g/mol. The van der Waals surface area contributed by atoms with Crippen LogP contribution in [0.5, 0.6) is 5.88 Å². The van der Waals surface area contributed by atoms with Crippen molar-refractivity contribution >= 4 is 10.9 Å². The van der Waals surface area contributed by atoms with Crippen molar-refractivity contribution in [2.24, 2.45) is 13.0 Å². The Morgan fingerprint density at radius 1 is 1.19 bits per heavy atom. The molecule has 4 aromatic rings. The van der Waals surface area contributed by atoms with Crippen LogP contribution in [0.2, 0.25) is 0 Å². The molecule has 31 heavy (non-hydrogen) atoms. The second kappa shape index (κ2) is 7.58. The van der Waals surface area contributed by atoms with E-state index in [-0.39, 0.29) is 0 Å². The summed E-state index contributed by atoms with van der Waals surface area (Å²) >= 11 is 0. The third-order valence-corrected chi connectivity index (χ3v) is 5.68. The number of pyridine rings is 2. The predicted molar refractivity (Wildman–Crippen MR) is 115 cm³/mol. The smallest absolute Gasteiger partial charge is 0.286 e. The maximum atomic E-state index is 14.0. The number of ether oxygens (including phenoxy) is 1. The van der Waals surface area contributed by atoms with Gasteiger partial charge in [-0.2, -0.15) is 4.98 Å². The van der Waals surface area contributed by atoms with Gasteiger partial charge in [0.05, 0.1) is 17.7 Å². The summed E-state index contributed by atoms with van der Waals surface area (Å²) in [6.07, 6.45) is 4.16. The summed E-state index contributed by atoms with van der Waals surface area (Å²) in [5.41, 5.74) is 2.45. The maximum Gasteiger partial charge on any atom is 0.286 e. The lowest BCUT2D eigenvalue weighted by molar-refractivity contribution is 0.285. The number of hydrogen-bond acceptors (Lipinski definition) is 5. The van der Waals surface area contributed by atoms with Crippen LogP contribution in [-0.4, -0.2) is 26.1 Å². The van der Waals surface area contributed by atoms with Gasteiger partial charge in [-0.1, -0.05) is 24.3 Å². The second-order valence-electron chi connectivity index (χ2n) is 7.97. The minimum absolute atomic E-state index is 0.341. The van der Waals surface area contributed by atoms with Crippen LogP contribution in [0, 0.1) is 18.7 Å². The van der Waals surface area contributed by atoms with Gasteiger partial charge in [-0.15, -0.1) is 0 Å². The molecule has 0 N–H and O–H groups in total. The van der Waals surface area contributed by atoms with Crippen LogP contribution in [-0.2, 0) is 7.05 Å². The quantitative estimate of drug-likeness (QED) is 0.491.